The third-order valence-electron chi connectivity index (χ3n) is 4.75. The van der Waals surface area contributed by atoms with Gasteiger partial charge in [0, 0.05) is 12.2 Å². The molecular formula is C21H25NO4. The van der Waals surface area contributed by atoms with Crippen LogP contribution in [-0.4, -0.2) is 29.5 Å². The molecule has 0 N–H and O–H groups in total. The normalized spacial score (nSPS) is 16.3. The Hall–Kier alpha value is -2.56. The van der Waals surface area contributed by atoms with E-state index < -0.39 is 0 Å². The number of methoxy groups -OCH3 is 1. The van der Waals surface area contributed by atoms with Gasteiger partial charge in [0.1, 0.15) is 5.75 Å². The molecule has 0 saturated carbocycles. The quantitative estimate of drug-likeness (QED) is 0.603. The first-order valence-corrected chi connectivity index (χ1v) is 9.02. The number of esters is 1. The highest BCUT2D eigenvalue weighted by Gasteiger charge is 2.33. The number of fused-ring (bicyclic) bond motifs is 1. The Morgan fingerprint density at radius 2 is 1.96 bits per heavy atom. The molecule has 1 atom stereocenters. The van der Waals surface area contributed by atoms with Crippen molar-refractivity contribution in [3.05, 3.63) is 52.8 Å². The predicted molar refractivity (Wildman–Crippen MR) is 98.8 cm³/mol. The molecule has 138 valence electrons. The van der Waals surface area contributed by atoms with Gasteiger partial charge in [0.15, 0.2) is 0 Å². The van der Waals surface area contributed by atoms with Crippen LogP contribution in [0.25, 0.3) is 0 Å². The number of ether oxygens (including phenoxy) is 2. The Balaban J connectivity index is 2.02. The molecule has 2 aromatic rings. The van der Waals surface area contributed by atoms with Crippen LogP contribution in [0.1, 0.15) is 59.9 Å². The first kappa shape index (κ1) is 18.2. The van der Waals surface area contributed by atoms with E-state index in [1.807, 2.05) is 43.5 Å². The molecule has 0 spiro atoms. The topological polar surface area (TPSA) is 57.5 Å². The van der Waals surface area contributed by atoms with E-state index in [2.05, 4.69) is 0 Å². The maximum absolute atomic E-state index is 13.2. The Kier molecular flexibility index (Phi) is 5.16. The number of para-hydroxylation sites is 1. The van der Waals surface area contributed by atoms with Crippen LogP contribution in [0.2, 0.25) is 0 Å². The molecule has 1 unspecified atom stereocenters. The number of nitrogens with zero attached hydrogens (tertiary/aromatic N) is 1. The van der Waals surface area contributed by atoms with Crippen molar-refractivity contribution in [2.45, 2.75) is 52.2 Å². The van der Waals surface area contributed by atoms with Crippen LogP contribution in [0.15, 0.2) is 30.3 Å². The zero-order valence-electron chi connectivity index (χ0n) is 15.7. The van der Waals surface area contributed by atoms with Crippen molar-refractivity contribution in [3.63, 3.8) is 0 Å². The number of aromatic nitrogens is 1. The predicted octanol–water partition coefficient (Wildman–Crippen LogP) is 3.87. The SMILES string of the molecule is COc1ccccc1C(=O)c1c(C)cc2n1CCCC2C(=O)OC(C)C. The fourth-order valence-corrected chi connectivity index (χ4v) is 3.66. The Morgan fingerprint density at radius 1 is 1.23 bits per heavy atom. The van der Waals surface area contributed by atoms with Crippen molar-refractivity contribution in [1.29, 1.82) is 0 Å². The summed E-state index contributed by atoms with van der Waals surface area (Å²) in [6.07, 6.45) is 1.44. The van der Waals surface area contributed by atoms with E-state index in [0.29, 0.717) is 17.0 Å². The van der Waals surface area contributed by atoms with Gasteiger partial charge in [0.2, 0.25) is 5.78 Å². The van der Waals surface area contributed by atoms with Crippen LogP contribution in [0.3, 0.4) is 0 Å². The Bertz CT molecular complexity index is 835. The fourth-order valence-electron chi connectivity index (χ4n) is 3.66. The highest BCUT2D eigenvalue weighted by Crippen LogP contribution is 2.34. The van der Waals surface area contributed by atoms with Gasteiger partial charge < -0.3 is 14.0 Å². The third-order valence-corrected chi connectivity index (χ3v) is 4.75. The summed E-state index contributed by atoms with van der Waals surface area (Å²) in [6.45, 7) is 6.34. The van der Waals surface area contributed by atoms with E-state index in [9.17, 15) is 9.59 Å². The zero-order valence-corrected chi connectivity index (χ0v) is 15.7. The van der Waals surface area contributed by atoms with Gasteiger partial charge in [-0.15, -0.1) is 0 Å². The van der Waals surface area contributed by atoms with Gasteiger partial charge in [-0.3, -0.25) is 9.59 Å². The summed E-state index contributed by atoms with van der Waals surface area (Å²) in [7, 11) is 1.56. The minimum absolute atomic E-state index is 0.0796. The maximum atomic E-state index is 13.2. The standard InChI is InChI=1S/C21H25NO4/c1-13(2)26-21(24)15-9-7-11-22-17(15)12-14(3)19(22)20(23)16-8-5-6-10-18(16)25-4/h5-6,8,10,12-13,15H,7,9,11H2,1-4H3. The highest BCUT2D eigenvalue weighted by molar-refractivity contribution is 6.10. The van der Waals surface area contributed by atoms with Gasteiger partial charge in [-0.2, -0.15) is 0 Å². The van der Waals surface area contributed by atoms with E-state index in [-0.39, 0.29) is 23.8 Å². The van der Waals surface area contributed by atoms with Gasteiger partial charge in [0.25, 0.3) is 0 Å². The van der Waals surface area contributed by atoms with Gasteiger partial charge >= 0.3 is 5.97 Å². The molecule has 5 nitrogen and oxygen atoms in total. The van der Waals surface area contributed by atoms with E-state index in [1.54, 1.807) is 19.2 Å². The van der Waals surface area contributed by atoms with Crippen LogP contribution in [0, 0.1) is 6.92 Å². The molecule has 0 saturated heterocycles. The smallest absolute Gasteiger partial charge is 0.315 e. The molecule has 1 aliphatic rings. The number of rotatable bonds is 5. The number of carbonyl (C=O) groups is 2. The van der Waals surface area contributed by atoms with Crippen LogP contribution in [0.5, 0.6) is 5.75 Å². The largest absolute Gasteiger partial charge is 0.496 e. The van der Waals surface area contributed by atoms with Crippen molar-refractivity contribution in [2.24, 2.45) is 0 Å². The second-order valence-corrected chi connectivity index (χ2v) is 6.96. The number of aryl methyl sites for hydroxylation is 1. The highest BCUT2D eigenvalue weighted by atomic mass is 16.5. The second kappa shape index (κ2) is 7.36. The van der Waals surface area contributed by atoms with Gasteiger partial charge in [-0.1, -0.05) is 12.1 Å². The number of hydrogen-bond acceptors (Lipinski definition) is 4. The summed E-state index contributed by atoms with van der Waals surface area (Å²) in [4.78, 5) is 25.7. The molecule has 0 radical (unpaired) electrons. The van der Waals surface area contributed by atoms with E-state index in [4.69, 9.17) is 9.47 Å². The third kappa shape index (κ3) is 3.26. The van der Waals surface area contributed by atoms with Crippen LogP contribution < -0.4 is 4.74 Å². The molecule has 1 aromatic carbocycles. The summed E-state index contributed by atoms with van der Waals surface area (Å²) in [6, 6.07) is 9.18. The summed E-state index contributed by atoms with van der Waals surface area (Å²) in [5.74, 6) is -0.0538. The first-order valence-electron chi connectivity index (χ1n) is 9.02. The number of benzene rings is 1. The van der Waals surface area contributed by atoms with Gasteiger partial charge in [0.05, 0.1) is 30.4 Å². The summed E-state index contributed by atoms with van der Waals surface area (Å²) < 4.78 is 12.8. The lowest BCUT2D eigenvalue weighted by atomic mass is 9.96. The molecule has 0 amide bonds. The van der Waals surface area contributed by atoms with Gasteiger partial charge in [-0.05, 0) is 57.4 Å². The number of carbonyl (C=O) groups excluding carboxylic acids is 2. The minimum atomic E-state index is -0.316. The van der Waals surface area contributed by atoms with Crippen molar-refractivity contribution < 1.29 is 19.1 Å². The molecular weight excluding hydrogens is 330 g/mol. The van der Waals surface area contributed by atoms with Crippen molar-refractivity contribution in [3.8, 4) is 5.75 Å². The first-order chi connectivity index (χ1) is 12.4. The monoisotopic (exact) mass is 355 g/mol. The lowest BCUT2D eigenvalue weighted by molar-refractivity contribution is -0.149. The van der Waals surface area contributed by atoms with Crippen LogP contribution >= 0.6 is 0 Å². The molecule has 0 fully saturated rings. The molecule has 1 aromatic heterocycles. The molecule has 5 heteroatoms. The maximum Gasteiger partial charge on any atom is 0.315 e. The fraction of sp³-hybridized carbons (Fsp3) is 0.429. The lowest BCUT2D eigenvalue weighted by Gasteiger charge is -2.25. The summed E-state index contributed by atoms with van der Waals surface area (Å²) in [5, 5.41) is 0. The Morgan fingerprint density at radius 3 is 2.65 bits per heavy atom. The van der Waals surface area contributed by atoms with E-state index >= 15 is 0 Å². The molecule has 3 rings (SSSR count). The van der Waals surface area contributed by atoms with E-state index in [0.717, 1.165) is 30.6 Å². The molecule has 1 aliphatic heterocycles. The minimum Gasteiger partial charge on any atom is -0.496 e. The molecule has 2 heterocycles. The molecule has 0 bridgehead atoms. The Labute approximate surface area is 153 Å². The van der Waals surface area contributed by atoms with Crippen molar-refractivity contribution in [2.75, 3.05) is 7.11 Å². The number of ketones is 1. The lowest BCUT2D eigenvalue weighted by Crippen LogP contribution is -2.27. The second-order valence-electron chi connectivity index (χ2n) is 6.96. The van der Waals surface area contributed by atoms with Crippen molar-refractivity contribution in [1.82, 2.24) is 4.57 Å². The number of hydrogen-bond donors (Lipinski definition) is 0. The average molecular weight is 355 g/mol. The summed E-state index contributed by atoms with van der Waals surface area (Å²) in [5.41, 5.74) is 2.91. The average Bonchev–Trinajstić information content (AvgIpc) is 2.96. The van der Waals surface area contributed by atoms with Crippen molar-refractivity contribution >= 4 is 11.8 Å². The van der Waals surface area contributed by atoms with E-state index in [1.165, 1.54) is 0 Å². The van der Waals surface area contributed by atoms with Gasteiger partial charge in [-0.25, -0.2) is 0 Å². The van der Waals surface area contributed by atoms with Crippen LogP contribution in [-0.2, 0) is 16.1 Å². The molecule has 0 aliphatic carbocycles. The molecule has 26 heavy (non-hydrogen) atoms. The zero-order chi connectivity index (χ0) is 18.8. The van der Waals surface area contributed by atoms with Crippen LogP contribution in [0.4, 0.5) is 0 Å². The summed E-state index contributed by atoms with van der Waals surface area (Å²) >= 11 is 0.